The first-order chi connectivity index (χ1) is 12.8. The fourth-order valence-corrected chi connectivity index (χ4v) is 2.60. The largest absolute Gasteiger partial charge is 0.447 e. The number of alkyl halides is 3. The predicted octanol–water partition coefficient (Wildman–Crippen LogP) is 3.55. The predicted molar refractivity (Wildman–Crippen MR) is 87.1 cm³/mol. The maximum Gasteiger partial charge on any atom is 0.417 e. The molecule has 0 radical (unpaired) electrons. The minimum atomic E-state index is -4.55. The van der Waals surface area contributed by atoms with Gasteiger partial charge in [0.1, 0.15) is 6.61 Å². The molecule has 1 unspecified atom stereocenters. The molecule has 0 spiro atoms. The number of hydrogen-bond donors (Lipinski definition) is 0. The van der Waals surface area contributed by atoms with Crippen molar-refractivity contribution in [2.45, 2.75) is 12.1 Å². The van der Waals surface area contributed by atoms with E-state index in [1.54, 1.807) is 6.07 Å². The van der Waals surface area contributed by atoms with Crippen molar-refractivity contribution in [2.75, 3.05) is 18.1 Å². The lowest BCUT2D eigenvalue weighted by Gasteiger charge is -2.14. The maximum atomic E-state index is 12.6. The summed E-state index contributed by atoms with van der Waals surface area (Å²) in [5, 5.41) is 9.30. The van der Waals surface area contributed by atoms with Crippen LogP contribution in [0.25, 0.3) is 0 Å². The number of pyridine rings is 1. The van der Waals surface area contributed by atoms with Gasteiger partial charge in [0.2, 0.25) is 0 Å². The van der Waals surface area contributed by atoms with E-state index in [1.165, 1.54) is 29.2 Å². The maximum absolute atomic E-state index is 12.6. The highest BCUT2D eigenvalue weighted by Crippen LogP contribution is 2.30. The Morgan fingerprint density at radius 3 is 2.41 bits per heavy atom. The zero-order chi connectivity index (χ0) is 19.6. The Morgan fingerprint density at radius 1 is 1.22 bits per heavy atom. The van der Waals surface area contributed by atoms with Gasteiger partial charge in [-0.25, -0.2) is 4.79 Å². The number of cyclic esters (lactones) is 1. The molecule has 0 saturated carbocycles. The van der Waals surface area contributed by atoms with E-state index >= 15 is 0 Å². The number of halogens is 3. The van der Waals surface area contributed by atoms with Crippen molar-refractivity contribution in [1.82, 2.24) is 4.98 Å². The van der Waals surface area contributed by atoms with Gasteiger partial charge in [0.05, 0.1) is 23.9 Å². The van der Waals surface area contributed by atoms with Gasteiger partial charge >= 0.3 is 12.3 Å². The number of benzene rings is 1. The van der Waals surface area contributed by atoms with Crippen molar-refractivity contribution in [3.8, 4) is 6.07 Å². The number of carbonyl (C=O) groups excluding carboxylic acids is 2. The van der Waals surface area contributed by atoms with Gasteiger partial charge in [0.25, 0.3) is 0 Å². The van der Waals surface area contributed by atoms with Crippen LogP contribution in [-0.2, 0) is 10.9 Å². The number of rotatable bonds is 4. The molecule has 9 heteroatoms. The smallest absolute Gasteiger partial charge is 0.417 e. The molecule has 1 amide bonds. The topological polar surface area (TPSA) is 83.3 Å². The summed E-state index contributed by atoms with van der Waals surface area (Å²) in [7, 11) is 0. The van der Waals surface area contributed by atoms with E-state index in [0.29, 0.717) is 18.4 Å². The summed E-state index contributed by atoms with van der Waals surface area (Å²) >= 11 is 0. The summed E-state index contributed by atoms with van der Waals surface area (Å²) in [5.41, 5.74) is -0.310. The van der Waals surface area contributed by atoms with Crippen LogP contribution in [0, 0.1) is 11.3 Å². The Labute approximate surface area is 151 Å². The summed E-state index contributed by atoms with van der Waals surface area (Å²) in [6.07, 6.45) is -4.45. The number of carbonyl (C=O) groups is 2. The molecule has 1 fully saturated rings. The van der Waals surface area contributed by atoms with Gasteiger partial charge in [0, 0.05) is 17.4 Å². The van der Waals surface area contributed by atoms with Crippen LogP contribution in [0.1, 0.15) is 27.5 Å². The number of Topliss-reactive ketones (excluding diaryl/α,β-unsaturated/α-hetero) is 1. The summed E-state index contributed by atoms with van der Waals surface area (Å²) in [6.45, 7) is 0.665. The third-order valence-corrected chi connectivity index (χ3v) is 4.03. The summed E-state index contributed by atoms with van der Waals surface area (Å²) < 4.78 is 42.7. The van der Waals surface area contributed by atoms with Crippen molar-refractivity contribution in [3.05, 3.63) is 59.4 Å². The molecule has 6 nitrogen and oxygen atoms in total. The Bertz CT molecular complexity index is 903. The van der Waals surface area contributed by atoms with Crippen LogP contribution in [0.2, 0.25) is 0 Å². The summed E-state index contributed by atoms with van der Waals surface area (Å²) in [5.74, 6) is -1.94. The summed E-state index contributed by atoms with van der Waals surface area (Å²) in [4.78, 5) is 29.1. The molecule has 138 valence electrons. The molecule has 1 aromatic heterocycles. The SMILES string of the molecule is N#CC(C(=O)c1ccc(N2CCOC2=O)cc1)c1ccc(C(F)(F)F)cn1. The highest BCUT2D eigenvalue weighted by molar-refractivity contribution is 6.03. The molecule has 1 atom stereocenters. The van der Waals surface area contributed by atoms with E-state index < -0.39 is 29.5 Å². The van der Waals surface area contributed by atoms with E-state index in [9.17, 15) is 28.0 Å². The van der Waals surface area contributed by atoms with Crippen LogP contribution in [0.3, 0.4) is 0 Å². The second-order valence-corrected chi connectivity index (χ2v) is 5.71. The van der Waals surface area contributed by atoms with Gasteiger partial charge in [-0.3, -0.25) is 14.7 Å². The first kappa shape index (κ1) is 18.4. The Kier molecular flexibility index (Phi) is 4.81. The number of nitriles is 1. The molecule has 1 aromatic carbocycles. The van der Waals surface area contributed by atoms with E-state index in [1.807, 2.05) is 0 Å². The van der Waals surface area contributed by atoms with Gasteiger partial charge in [-0.05, 0) is 36.4 Å². The van der Waals surface area contributed by atoms with Crippen molar-refractivity contribution in [1.29, 1.82) is 5.26 Å². The fraction of sp³-hybridized carbons (Fsp3) is 0.222. The lowest BCUT2D eigenvalue weighted by molar-refractivity contribution is -0.137. The number of hydrogen-bond acceptors (Lipinski definition) is 5. The molecule has 0 bridgehead atoms. The van der Waals surface area contributed by atoms with Crippen LogP contribution in [0.5, 0.6) is 0 Å². The minimum absolute atomic E-state index is 0.0669. The second-order valence-electron chi connectivity index (χ2n) is 5.71. The van der Waals surface area contributed by atoms with Gasteiger partial charge in [-0.15, -0.1) is 0 Å². The van der Waals surface area contributed by atoms with Crippen LogP contribution in [0.4, 0.5) is 23.7 Å². The number of nitrogens with zero attached hydrogens (tertiary/aromatic N) is 3. The summed E-state index contributed by atoms with van der Waals surface area (Å²) in [6, 6.07) is 9.53. The van der Waals surface area contributed by atoms with Gasteiger partial charge in [-0.2, -0.15) is 18.4 Å². The highest BCUT2D eigenvalue weighted by atomic mass is 19.4. The lowest BCUT2D eigenvalue weighted by Crippen LogP contribution is -2.23. The molecule has 0 aliphatic carbocycles. The van der Waals surface area contributed by atoms with Crippen LogP contribution < -0.4 is 4.90 Å². The average molecular weight is 375 g/mol. The molecule has 2 aromatic rings. The highest BCUT2D eigenvalue weighted by Gasteiger charge is 2.32. The molecule has 3 rings (SSSR count). The zero-order valence-electron chi connectivity index (χ0n) is 13.7. The number of aromatic nitrogens is 1. The minimum Gasteiger partial charge on any atom is -0.447 e. The number of ketones is 1. The van der Waals surface area contributed by atoms with Gasteiger partial charge < -0.3 is 4.74 Å². The van der Waals surface area contributed by atoms with Gasteiger partial charge in [0.15, 0.2) is 11.7 Å². The normalized spacial score (nSPS) is 15.2. The number of ether oxygens (including phenoxy) is 1. The lowest BCUT2D eigenvalue weighted by atomic mass is 9.95. The van der Waals surface area contributed by atoms with E-state index in [4.69, 9.17) is 4.74 Å². The average Bonchev–Trinajstić information content (AvgIpc) is 3.08. The molecule has 2 heterocycles. The van der Waals surface area contributed by atoms with Crippen LogP contribution in [-0.4, -0.2) is 30.0 Å². The Morgan fingerprint density at radius 2 is 1.93 bits per heavy atom. The third kappa shape index (κ3) is 3.74. The first-order valence-electron chi connectivity index (χ1n) is 7.82. The second kappa shape index (κ2) is 7.07. The quantitative estimate of drug-likeness (QED) is 0.763. The Balaban J connectivity index is 1.81. The van der Waals surface area contributed by atoms with Crippen LogP contribution >= 0.6 is 0 Å². The molecule has 27 heavy (non-hydrogen) atoms. The van der Waals surface area contributed by atoms with E-state index in [-0.39, 0.29) is 17.9 Å². The third-order valence-electron chi connectivity index (χ3n) is 4.03. The zero-order valence-corrected chi connectivity index (χ0v) is 13.7. The van der Waals surface area contributed by atoms with Gasteiger partial charge in [-0.1, -0.05) is 0 Å². The Hall–Kier alpha value is -3.41. The number of anilines is 1. The number of amides is 1. The van der Waals surface area contributed by atoms with Crippen molar-refractivity contribution in [2.24, 2.45) is 0 Å². The van der Waals surface area contributed by atoms with Crippen molar-refractivity contribution in [3.63, 3.8) is 0 Å². The molecule has 1 aliphatic heterocycles. The molecule has 0 N–H and O–H groups in total. The van der Waals surface area contributed by atoms with E-state index in [0.717, 1.165) is 12.1 Å². The van der Waals surface area contributed by atoms with E-state index in [2.05, 4.69) is 4.98 Å². The van der Waals surface area contributed by atoms with Crippen molar-refractivity contribution < 1.29 is 27.5 Å². The molecule has 1 aliphatic rings. The first-order valence-corrected chi connectivity index (χ1v) is 7.82. The molecule has 1 saturated heterocycles. The molecular formula is C18H12F3N3O3. The van der Waals surface area contributed by atoms with Crippen LogP contribution in [0.15, 0.2) is 42.6 Å². The fourth-order valence-electron chi connectivity index (χ4n) is 2.60. The standard InChI is InChI=1S/C18H12F3N3O3/c19-18(20,21)12-3-6-15(23-10-12)14(9-22)16(25)11-1-4-13(5-2-11)24-7-8-27-17(24)26/h1-6,10,14H,7-8H2. The van der Waals surface area contributed by atoms with Crippen molar-refractivity contribution >= 4 is 17.6 Å². The monoisotopic (exact) mass is 375 g/mol. The molecular weight excluding hydrogens is 363 g/mol.